The molecule has 4 rings (SSSR count). The van der Waals surface area contributed by atoms with Crippen molar-refractivity contribution in [3.05, 3.63) is 59.0 Å². The van der Waals surface area contributed by atoms with Gasteiger partial charge in [0.2, 0.25) is 10.0 Å². The Morgan fingerprint density at radius 3 is 2.52 bits per heavy atom. The summed E-state index contributed by atoms with van der Waals surface area (Å²) < 4.78 is 45.9. The van der Waals surface area contributed by atoms with Crippen molar-refractivity contribution in [3.63, 3.8) is 0 Å². The first-order chi connectivity index (χ1) is 13.9. The molecule has 7 nitrogen and oxygen atoms in total. The van der Waals surface area contributed by atoms with Crippen LogP contribution < -0.4 is 0 Å². The molecule has 1 fully saturated rings. The van der Waals surface area contributed by atoms with Gasteiger partial charge < -0.3 is 9.32 Å². The fourth-order valence-corrected chi connectivity index (χ4v) is 5.54. The zero-order chi connectivity index (χ0) is 20.6. The molecule has 1 aliphatic heterocycles. The summed E-state index contributed by atoms with van der Waals surface area (Å²) in [4.78, 5) is 19.3. The van der Waals surface area contributed by atoms with Gasteiger partial charge in [0.05, 0.1) is 6.26 Å². The van der Waals surface area contributed by atoms with Crippen LogP contribution in [0.15, 0.2) is 52.0 Å². The van der Waals surface area contributed by atoms with Crippen molar-refractivity contribution in [1.29, 1.82) is 0 Å². The summed E-state index contributed by atoms with van der Waals surface area (Å²) >= 11 is 1.37. The van der Waals surface area contributed by atoms with Crippen molar-refractivity contribution in [1.82, 2.24) is 14.2 Å². The minimum Gasteiger partial charge on any atom is -0.462 e. The number of aromatic nitrogens is 1. The van der Waals surface area contributed by atoms with Crippen LogP contribution in [0.1, 0.15) is 15.4 Å². The molecule has 1 amide bonds. The van der Waals surface area contributed by atoms with Gasteiger partial charge in [0.1, 0.15) is 16.4 Å². The zero-order valence-corrected chi connectivity index (χ0v) is 17.2. The van der Waals surface area contributed by atoms with E-state index in [0.29, 0.717) is 16.5 Å². The van der Waals surface area contributed by atoms with Gasteiger partial charge in [-0.1, -0.05) is 12.1 Å². The molecule has 2 aromatic heterocycles. The van der Waals surface area contributed by atoms with E-state index >= 15 is 0 Å². The van der Waals surface area contributed by atoms with E-state index in [2.05, 4.69) is 4.98 Å². The Balaban J connectivity index is 1.48. The summed E-state index contributed by atoms with van der Waals surface area (Å²) in [5.41, 5.74) is 0.340. The average molecular weight is 436 g/mol. The fraction of sp³-hybridized carbons (Fsp3) is 0.263. The molecule has 0 unspecified atom stereocenters. The number of aryl methyl sites for hydroxylation is 1. The molecule has 0 radical (unpaired) electrons. The van der Waals surface area contributed by atoms with E-state index in [0.717, 1.165) is 10.9 Å². The molecule has 152 valence electrons. The van der Waals surface area contributed by atoms with Gasteiger partial charge >= 0.3 is 0 Å². The third kappa shape index (κ3) is 3.70. The first-order valence-corrected chi connectivity index (χ1v) is 11.2. The first-order valence-electron chi connectivity index (χ1n) is 8.93. The molecule has 0 spiro atoms. The molecule has 3 aromatic rings. The average Bonchev–Trinajstić information content (AvgIpc) is 3.37. The molecule has 0 N–H and O–H groups in total. The third-order valence-corrected chi connectivity index (χ3v) is 7.63. The number of furan rings is 1. The van der Waals surface area contributed by atoms with Crippen LogP contribution in [-0.2, 0) is 10.0 Å². The molecular formula is C19H18FN3O4S2. The van der Waals surface area contributed by atoms with E-state index in [1.807, 2.05) is 6.92 Å². The molecule has 0 bridgehead atoms. The summed E-state index contributed by atoms with van der Waals surface area (Å²) in [6.07, 6.45) is 1.54. The number of hydrogen-bond acceptors (Lipinski definition) is 6. The second kappa shape index (κ2) is 7.69. The summed E-state index contributed by atoms with van der Waals surface area (Å²) in [6, 6.07) is 8.82. The van der Waals surface area contributed by atoms with E-state index in [4.69, 9.17) is 4.42 Å². The number of rotatable bonds is 4. The highest BCUT2D eigenvalue weighted by Gasteiger charge is 2.33. The Kier molecular flexibility index (Phi) is 5.24. The largest absolute Gasteiger partial charge is 0.462 e. The third-order valence-electron chi connectivity index (χ3n) is 4.71. The Morgan fingerprint density at radius 1 is 1.14 bits per heavy atom. The fourth-order valence-electron chi connectivity index (χ4n) is 3.17. The van der Waals surface area contributed by atoms with Gasteiger partial charge in [-0.05, 0) is 31.2 Å². The predicted molar refractivity (Wildman–Crippen MR) is 106 cm³/mol. The Morgan fingerprint density at radius 2 is 1.86 bits per heavy atom. The molecule has 3 heterocycles. The van der Waals surface area contributed by atoms with Gasteiger partial charge in [-0.25, -0.2) is 17.8 Å². The quantitative estimate of drug-likeness (QED) is 0.629. The number of benzene rings is 1. The number of hydrogen-bond donors (Lipinski definition) is 0. The van der Waals surface area contributed by atoms with Crippen molar-refractivity contribution >= 4 is 27.3 Å². The lowest BCUT2D eigenvalue weighted by Gasteiger charge is -2.33. The lowest BCUT2D eigenvalue weighted by Crippen LogP contribution is -2.50. The normalized spacial score (nSPS) is 15.6. The van der Waals surface area contributed by atoms with Crippen molar-refractivity contribution < 1.29 is 22.0 Å². The van der Waals surface area contributed by atoms with Gasteiger partial charge in [-0.15, -0.1) is 11.3 Å². The highest BCUT2D eigenvalue weighted by Crippen LogP contribution is 2.29. The summed E-state index contributed by atoms with van der Waals surface area (Å²) in [6.45, 7) is 2.42. The number of halogens is 1. The van der Waals surface area contributed by atoms with Crippen LogP contribution in [0.5, 0.6) is 0 Å². The number of piperazine rings is 1. The van der Waals surface area contributed by atoms with Gasteiger partial charge in [-0.2, -0.15) is 4.31 Å². The van der Waals surface area contributed by atoms with Gasteiger partial charge in [0.15, 0.2) is 10.8 Å². The highest BCUT2D eigenvalue weighted by atomic mass is 32.2. The van der Waals surface area contributed by atoms with Gasteiger partial charge in [0, 0.05) is 31.1 Å². The number of carbonyl (C=O) groups excluding carboxylic acids is 1. The molecule has 0 aliphatic carbocycles. The summed E-state index contributed by atoms with van der Waals surface area (Å²) in [5, 5.41) is 0.622. The number of thiazole rings is 1. The molecule has 10 heteroatoms. The zero-order valence-electron chi connectivity index (χ0n) is 15.5. The van der Waals surface area contributed by atoms with Crippen LogP contribution in [-0.4, -0.2) is 54.7 Å². The van der Waals surface area contributed by atoms with Gasteiger partial charge in [-0.3, -0.25) is 4.79 Å². The van der Waals surface area contributed by atoms with Crippen LogP contribution >= 0.6 is 11.3 Å². The van der Waals surface area contributed by atoms with E-state index in [1.54, 1.807) is 23.3 Å². The molecule has 1 aromatic carbocycles. The maximum Gasteiger partial charge on any atom is 0.273 e. The Bertz CT molecular complexity index is 1130. The number of nitrogens with zero attached hydrogens (tertiary/aromatic N) is 3. The van der Waals surface area contributed by atoms with Crippen LogP contribution in [0.4, 0.5) is 4.39 Å². The SMILES string of the molecule is Cc1sc(-c2ccco2)nc1C(=O)N1CCN(S(=O)(=O)c2ccccc2F)CC1. The topological polar surface area (TPSA) is 83.7 Å². The van der Waals surface area contributed by atoms with Gasteiger partial charge in [0.25, 0.3) is 5.91 Å². The van der Waals surface area contributed by atoms with E-state index < -0.39 is 15.8 Å². The molecule has 1 aliphatic rings. The number of amides is 1. The van der Waals surface area contributed by atoms with Crippen molar-refractivity contribution in [2.75, 3.05) is 26.2 Å². The number of carbonyl (C=O) groups is 1. The van der Waals surface area contributed by atoms with Crippen molar-refractivity contribution in [2.24, 2.45) is 0 Å². The van der Waals surface area contributed by atoms with Crippen LogP contribution in [0.25, 0.3) is 10.8 Å². The van der Waals surface area contributed by atoms with Crippen molar-refractivity contribution in [3.8, 4) is 10.8 Å². The molecular weight excluding hydrogens is 417 g/mol. The first kappa shape index (κ1) is 19.7. The number of sulfonamides is 1. The van der Waals surface area contributed by atoms with E-state index in [-0.39, 0.29) is 37.0 Å². The van der Waals surface area contributed by atoms with Crippen LogP contribution in [0, 0.1) is 12.7 Å². The van der Waals surface area contributed by atoms with Crippen LogP contribution in [0.2, 0.25) is 0 Å². The van der Waals surface area contributed by atoms with Crippen LogP contribution in [0.3, 0.4) is 0 Å². The van der Waals surface area contributed by atoms with E-state index in [1.165, 1.54) is 33.8 Å². The lowest BCUT2D eigenvalue weighted by molar-refractivity contribution is 0.0692. The maximum atomic E-state index is 13.9. The smallest absolute Gasteiger partial charge is 0.273 e. The highest BCUT2D eigenvalue weighted by molar-refractivity contribution is 7.89. The minimum atomic E-state index is -3.95. The monoisotopic (exact) mass is 435 g/mol. The second-order valence-electron chi connectivity index (χ2n) is 6.53. The summed E-state index contributed by atoms with van der Waals surface area (Å²) in [7, 11) is -3.95. The molecule has 29 heavy (non-hydrogen) atoms. The Hall–Kier alpha value is -2.56. The Labute approximate surface area is 171 Å². The maximum absolute atomic E-state index is 13.9. The minimum absolute atomic E-state index is 0.0939. The predicted octanol–water partition coefficient (Wildman–Crippen LogP) is 3.00. The van der Waals surface area contributed by atoms with E-state index in [9.17, 15) is 17.6 Å². The van der Waals surface area contributed by atoms with Crippen molar-refractivity contribution in [2.45, 2.75) is 11.8 Å². The molecule has 1 saturated heterocycles. The lowest BCUT2D eigenvalue weighted by atomic mass is 10.3. The molecule has 0 saturated carbocycles. The standard InChI is InChI=1S/C19H18FN3O4S2/c1-13-17(21-18(28-13)15-6-4-12-27-15)19(24)22-8-10-23(11-9-22)29(25,26)16-7-3-2-5-14(16)20/h2-7,12H,8-11H2,1H3. The summed E-state index contributed by atoms with van der Waals surface area (Å²) in [5.74, 6) is -0.438. The molecule has 0 atom stereocenters. The second-order valence-corrected chi connectivity index (χ2v) is 9.64.